The number of piperidine rings is 1. The average Bonchev–Trinajstić information content (AvgIpc) is 2.73. The maximum absolute atomic E-state index is 13.1. The van der Waals surface area contributed by atoms with E-state index in [0.29, 0.717) is 0 Å². The summed E-state index contributed by atoms with van der Waals surface area (Å²) >= 11 is 0. The molecule has 1 fully saturated rings. The Balaban J connectivity index is 1.84. The monoisotopic (exact) mass is 381 g/mol. The summed E-state index contributed by atoms with van der Waals surface area (Å²) in [5.41, 5.74) is 3.26. The van der Waals surface area contributed by atoms with Gasteiger partial charge >= 0.3 is 0 Å². The number of carbonyl (C=O) groups is 1. The second-order valence-corrected chi connectivity index (χ2v) is 8.93. The molecule has 0 aromatic heterocycles. The van der Waals surface area contributed by atoms with Crippen molar-refractivity contribution in [2.45, 2.75) is 84.6 Å². The maximum atomic E-state index is 13.1. The first-order chi connectivity index (χ1) is 13.4. The zero-order chi connectivity index (χ0) is 20.6. The molecule has 1 atom stereocenters. The highest BCUT2D eigenvalue weighted by atomic mass is 16.2. The summed E-state index contributed by atoms with van der Waals surface area (Å²) in [7, 11) is 0. The number of nitrogens with zero attached hydrogens (tertiary/aromatic N) is 1. The van der Waals surface area contributed by atoms with Crippen LogP contribution in [-0.4, -0.2) is 23.4 Å². The first-order valence-electron chi connectivity index (χ1n) is 11.1. The van der Waals surface area contributed by atoms with E-state index in [1.54, 1.807) is 0 Å². The van der Waals surface area contributed by atoms with Crippen molar-refractivity contribution in [1.29, 1.82) is 0 Å². The number of rotatable bonds is 10. The third-order valence-corrected chi connectivity index (χ3v) is 6.50. The van der Waals surface area contributed by atoms with Crippen molar-refractivity contribution in [3.8, 4) is 0 Å². The second-order valence-electron chi connectivity index (χ2n) is 8.93. The van der Waals surface area contributed by atoms with Gasteiger partial charge in [0.05, 0.1) is 6.04 Å². The fourth-order valence-corrected chi connectivity index (χ4v) is 3.94. The first kappa shape index (κ1) is 22.5. The fourth-order valence-electron chi connectivity index (χ4n) is 3.94. The Morgan fingerprint density at radius 1 is 1.11 bits per heavy atom. The summed E-state index contributed by atoms with van der Waals surface area (Å²) in [5.74, 6) is 0.141. The molecule has 1 aliphatic rings. The summed E-state index contributed by atoms with van der Waals surface area (Å²) in [5, 5.41) is 0. The van der Waals surface area contributed by atoms with Gasteiger partial charge < -0.3 is 4.90 Å². The molecule has 2 rings (SSSR count). The van der Waals surface area contributed by atoms with Gasteiger partial charge in [-0.2, -0.15) is 0 Å². The van der Waals surface area contributed by atoms with E-state index in [1.165, 1.54) is 30.4 Å². The van der Waals surface area contributed by atoms with Gasteiger partial charge in [0.15, 0.2) is 0 Å². The van der Waals surface area contributed by atoms with E-state index >= 15 is 0 Å². The lowest BCUT2D eigenvalue weighted by Crippen LogP contribution is -2.46. The lowest BCUT2D eigenvalue weighted by Gasteiger charge is -2.39. The standard InChI is InChI=1S/C26H39NO/c1-6-26(4,5)22(3)25(28)27-20-14-13-19-24(27)21(2)15-9-7-10-16-23-17-11-8-12-18-23/h8,11-12,17-18,24H,2-3,6-7,9-10,13-16,19-20H2,1,4-5H3. The van der Waals surface area contributed by atoms with Gasteiger partial charge in [-0.25, -0.2) is 0 Å². The lowest BCUT2D eigenvalue weighted by atomic mass is 9.81. The van der Waals surface area contributed by atoms with Gasteiger partial charge in [-0.1, -0.05) is 76.3 Å². The lowest BCUT2D eigenvalue weighted by molar-refractivity contribution is -0.131. The fraction of sp³-hybridized carbons (Fsp3) is 0.577. The molecule has 1 aromatic carbocycles. The van der Waals surface area contributed by atoms with Crippen molar-refractivity contribution < 1.29 is 4.79 Å². The van der Waals surface area contributed by atoms with Gasteiger partial charge in [0.1, 0.15) is 0 Å². The smallest absolute Gasteiger partial charge is 0.250 e. The van der Waals surface area contributed by atoms with Crippen LogP contribution in [0.3, 0.4) is 0 Å². The number of likely N-dealkylation sites (tertiary alicyclic amines) is 1. The Hall–Kier alpha value is -1.83. The molecule has 0 saturated carbocycles. The Bertz CT molecular complexity index is 658. The Labute approximate surface area is 172 Å². The molecule has 1 aliphatic heterocycles. The summed E-state index contributed by atoms with van der Waals surface area (Å²) in [6.45, 7) is 15.8. The van der Waals surface area contributed by atoms with Crippen LogP contribution in [0.15, 0.2) is 54.6 Å². The molecule has 0 radical (unpaired) electrons. The second kappa shape index (κ2) is 10.6. The van der Waals surface area contributed by atoms with E-state index < -0.39 is 0 Å². The Morgan fingerprint density at radius 2 is 1.82 bits per heavy atom. The van der Waals surface area contributed by atoms with Crippen LogP contribution in [0.4, 0.5) is 0 Å². The molecule has 1 saturated heterocycles. The molecule has 0 bridgehead atoms. The highest BCUT2D eigenvalue weighted by Gasteiger charge is 2.34. The van der Waals surface area contributed by atoms with E-state index in [2.05, 4.69) is 69.2 Å². The number of benzene rings is 1. The summed E-state index contributed by atoms with van der Waals surface area (Å²) in [6, 6.07) is 10.9. The van der Waals surface area contributed by atoms with E-state index in [4.69, 9.17) is 0 Å². The van der Waals surface area contributed by atoms with Crippen LogP contribution >= 0.6 is 0 Å². The molecule has 154 valence electrons. The van der Waals surface area contributed by atoms with E-state index in [1.807, 2.05) is 0 Å². The molecular formula is C26H39NO. The SMILES string of the molecule is C=C(CCCCCc1ccccc1)C1CCCCN1C(=O)C(=C)C(C)(C)CC. The van der Waals surface area contributed by atoms with Gasteiger partial charge in [-0.3, -0.25) is 4.79 Å². The van der Waals surface area contributed by atoms with Gasteiger partial charge in [0.2, 0.25) is 5.91 Å². The zero-order valence-corrected chi connectivity index (χ0v) is 18.3. The number of hydrogen-bond donors (Lipinski definition) is 0. The van der Waals surface area contributed by atoms with Crippen LogP contribution in [0.2, 0.25) is 0 Å². The van der Waals surface area contributed by atoms with Crippen LogP contribution < -0.4 is 0 Å². The van der Waals surface area contributed by atoms with Crippen LogP contribution in [0.5, 0.6) is 0 Å². The molecule has 0 spiro atoms. The molecule has 1 unspecified atom stereocenters. The van der Waals surface area contributed by atoms with Crippen molar-refractivity contribution >= 4 is 5.91 Å². The number of amides is 1. The molecule has 1 heterocycles. The van der Waals surface area contributed by atoms with Crippen molar-refractivity contribution in [3.05, 3.63) is 60.2 Å². The van der Waals surface area contributed by atoms with E-state index in [9.17, 15) is 4.79 Å². The van der Waals surface area contributed by atoms with Gasteiger partial charge in [0, 0.05) is 12.1 Å². The van der Waals surface area contributed by atoms with E-state index in [-0.39, 0.29) is 17.4 Å². The Morgan fingerprint density at radius 3 is 2.50 bits per heavy atom. The van der Waals surface area contributed by atoms with Crippen LogP contribution in [0, 0.1) is 5.41 Å². The third-order valence-electron chi connectivity index (χ3n) is 6.50. The molecule has 1 aromatic rings. The van der Waals surface area contributed by atoms with Crippen LogP contribution in [0.25, 0.3) is 0 Å². The molecule has 28 heavy (non-hydrogen) atoms. The van der Waals surface area contributed by atoms with Crippen LogP contribution in [0.1, 0.15) is 77.7 Å². The molecular weight excluding hydrogens is 342 g/mol. The minimum absolute atomic E-state index is 0.141. The molecule has 0 aliphatic carbocycles. The van der Waals surface area contributed by atoms with Crippen LogP contribution in [-0.2, 0) is 11.2 Å². The molecule has 2 nitrogen and oxygen atoms in total. The molecule has 0 N–H and O–H groups in total. The Kier molecular flexibility index (Phi) is 8.54. The van der Waals surface area contributed by atoms with Gasteiger partial charge in [-0.05, 0) is 62.3 Å². The summed E-state index contributed by atoms with van der Waals surface area (Å²) < 4.78 is 0. The van der Waals surface area contributed by atoms with Crippen molar-refractivity contribution in [2.75, 3.05) is 6.54 Å². The number of aryl methyl sites for hydroxylation is 1. The zero-order valence-electron chi connectivity index (χ0n) is 18.3. The quantitative estimate of drug-likeness (QED) is 0.250. The predicted octanol–water partition coefficient (Wildman–Crippen LogP) is 6.72. The predicted molar refractivity (Wildman–Crippen MR) is 120 cm³/mol. The van der Waals surface area contributed by atoms with Gasteiger partial charge in [0.25, 0.3) is 0 Å². The number of carbonyl (C=O) groups excluding carboxylic acids is 1. The summed E-state index contributed by atoms with van der Waals surface area (Å²) in [4.78, 5) is 15.2. The van der Waals surface area contributed by atoms with Crippen molar-refractivity contribution in [2.24, 2.45) is 5.41 Å². The largest absolute Gasteiger partial charge is 0.332 e. The minimum atomic E-state index is -0.141. The summed E-state index contributed by atoms with van der Waals surface area (Å²) in [6.07, 6.45) is 10.0. The minimum Gasteiger partial charge on any atom is -0.332 e. The molecule has 1 amide bonds. The van der Waals surface area contributed by atoms with Crippen molar-refractivity contribution in [1.82, 2.24) is 4.90 Å². The maximum Gasteiger partial charge on any atom is 0.250 e. The highest BCUT2D eigenvalue weighted by molar-refractivity contribution is 5.94. The topological polar surface area (TPSA) is 20.3 Å². The molecule has 2 heteroatoms. The number of unbranched alkanes of at least 4 members (excludes halogenated alkanes) is 2. The van der Waals surface area contributed by atoms with Gasteiger partial charge in [-0.15, -0.1) is 0 Å². The average molecular weight is 382 g/mol. The number of hydrogen-bond acceptors (Lipinski definition) is 1. The highest BCUT2D eigenvalue weighted by Crippen LogP contribution is 2.33. The normalized spacial score (nSPS) is 17.4. The third kappa shape index (κ3) is 6.09. The van der Waals surface area contributed by atoms with E-state index in [0.717, 1.165) is 50.6 Å². The van der Waals surface area contributed by atoms with Crippen molar-refractivity contribution in [3.63, 3.8) is 0 Å². The first-order valence-corrected chi connectivity index (χ1v) is 11.1.